The lowest BCUT2D eigenvalue weighted by atomic mass is 9.95. The lowest BCUT2D eigenvalue weighted by molar-refractivity contribution is 0.232. The average molecular weight is 353 g/mol. The van der Waals surface area contributed by atoms with Crippen LogP contribution < -0.4 is 0 Å². The number of halogens is 4. The highest BCUT2D eigenvalue weighted by atomic mass is 19.2. The van der Waals surface area contributed by atoms with E-state index in [1.807, 2.05) is 20.8 Å². The van der Waals surface area contributed by atoms with Crippen molar-refractivity contribution in [2.45, 2.75) is 45.7 Å². The number of hydrogen-bond acceptors (Lipinski definition) is 3. The number of hydrogen-bond donors (Lipinski definition) is 0. The molecule has 0 atom stereocenters. The third kappa shape index (κ3) is 3.51. The minimum Gasteiger partial charge on any atom is -0.294 e. The lowest BCUT2D eigenvalue weighted by Crippen LogP contribution is -2.32. The summed E-state index contributed by atoms with van der Waals surface area (Å²) in [6.07, 6.45) is 2.30. The van der Waals surface area contributed by atoms with E-state index in [0.717, 1.165) is 17.1 Å². The van der Waals surface area contributed by atoms with Crippen LogP contribution in [0.3, 0.4) is 0 Å². The molecule has 134 valence electrons. The molecule has 0 fully saturated rings. The van der Waals surface area contributed by atoms with Crippen molar-refractivity contribution in [1.82, 2.24) is 14.9 Å². The molecule has 0 aliphatic carbocycles. The van der Waals surface area contributed by atoms with Gasteiger partial charge in [0.05, 0.1) is 0 Å². The van der Waals surface area contributed by atoms with Crippen LogP contribution in [0.4, 0.5) is 17.6 Å². The third-order valence-corrected chi connectivity index (χ3v) is 4.27. The Labute approximate surface area is 143 Å². The zero-order chi connectivity index (χ0) is 18.4. The number of fused-ring (bicyclic) bond motifs is 1. The Hall–Kier alpha value is -2.02. The van der Waals surface area contributed by atoms with Crippen LogP contribution in [0.15, 0.2) is 12.3 Å². The first-order chi connectivity index (χ1) is 11.7. The van der Waals surface area contributed by atoms with Crippen LogP contribution in [0, 0.1) is 23.3 Å². The largest absolute Gasteiger partial charge is 0.294 e. The first kappa shape index (κ1) is 17.8. The van der Waals surface area contributed by atoms with E-state index in [9.17, 15) is 17.6 Å². The Morgan fingerprint density at radius 2 is 1.72 bits per heavy atom. The summed E-state index contributed by atoms with van der Waals surface area (Å²) in [4.78, 5) is 10.7. The smallest absolute Gasteiger partial charge is 0.166 e. The van der Waals surface area contributed by atoms with Crippen molar-refractivity contribution in [3.05, 3.63) is 58.2 Å². The van der Waals surface area contributed by atoms with Crippen molar-refractivity contribution >= 4 is 0 Å². The SMILES string of the molecule is CC(C)(C)c1ncc2c(n1)CCN(Cc1c(F)c(F)cc(F)c1F)C2. The van der Waals surface area contributed by atoms with Gasteiger partial charge in [-0.25, -0.2) is 27.5 Å². The molecule has 0 unspecified atom stereocenters. The molecule has 25 heavy (non-hydrogen) atoms. The molecule has 0 radical (unpaired) electrons. The Morgan fingerprint density at radius 3 is 2.32 bits per heavy atom. The van der Waals surface area contributed by atoms with Gasteiger partial charge in [0.25, 0.3) is 0 Å². The van der Waals surface area contributed by atoms with Crippen LogP contribution in [0.5, 0.6) is 0 Å². The summed E-state index contributed by atoms with van der Waals surface area (Å²) in [5.41, 5.74) is 1.00. The number of rotatable bonds is 2. The predicted octanol–water partition coefficient (Wildman–Crippen LogP) is 3.89. The minimum absolute atomic E-state index is 0.169. The standard InChI is InChI=1S/C18H19F4N3/c1-18(2,3)17-23-7-10-8-25(5-4-14(10)24-17)9-11-15(21)12(19)6-13(20)16(11)22/h6-7H,4-5,8-9H2,1-3H3. The fraction of sp³-hybridized carbons (Fsp3) is 0.444. The van der Waals surface area contributed by atoms with Crippen LogP contribution in [0.1, 0.15) is 43.4 Å². The maximum atomic E-state index is 13.8. The molecule has 1 aliphatic heterocycles. The zero-order valence-electron chi connectivity index (χ0n) is 14.3. The van der Waals surface area contributed by atoms with Crippen LogP contribution in [-0.4, -0.2) is 21.4 Å². The molecule has 2 heterocycles. The molecule has 0 saturated heterocycles. The van der Waals surface area contributed by atoms with Gasteiger partial charge in [-0.05, 0) is 0 Å². The van der Waals surface area contributed by atoms with Crippen molar-refractivity contribution in [1.29, 1.82) is 0 Å². The number of nitrogens with zero attached hydrogens (tertiary/aromatic N) is 3. The zero-order valence-corrected chi connectivity index (χ0v) is 14.3. The van der Waals surface area contributed by atoms with Gasteiger partial charge in [0.1, 0.15) is 5.82 Å². The van der Waals surface area contributed by atoms with E-state index in [-0.39, 0.29) is 18.0 Å². The predicted molar refractivity (Wildman–Crippen MR) is 84.8 cm³/mol. The fourth-order valence-electron chi connectivity index (χ4n) is 2.86. The number of aromatic nitrogens is 2. The molecule has 0 spiro atoms. The van der Waals surface area contributed by atoms with Gasteiger partial charge in [-0.15, -0.1) is 0 Å². The molecule has 3 nitrogen and oxygen atoms in total. The molecule has 1 aliphatic rings. The summed E-state index contributed by atoms with van der Waals surface area (Å²) < 4.78 is 54.4. The second-order valence-electron chi connectivity index (χ2n) is 7.32. The van der Waals surface area contributed by atoms with Gasteiger partial charge in [-0.3, -0.25) is 4.90 Å². The summed E-state index contributed by atoms with van der Waals surface area (Å²) in [6, 6.07) is 0.224. The third-order valence-electron chi connectivity index (χ3n) is 4.27. The van der Waals surface area contributed by atoms with Crippen LogP contribution in [0.25, 0.3) is 0 Å². The Kier molecular flexibility index (Phi) is 4.53. The van der Waals surface area contributed by atoms with Gasteiger partial charge < -0.3 is 0 Å². The van der Waals surface area contributed by atoms with E-state index >= 15 is 0 Å². The highest BCUT2D eigenvalue weighted by Crippen LogP contribution is 2.25. The van der Waals surface area contributed by atoms with E-state index in [1.165, 1.54) is 0 Å². The van der Waals surface area contributed by atoms with Crippen molar-refractivity contribution < 1.29 is 17.6 Å². The van der Waals surface area contributed by atoms with E-state index in [1.54, 1.807) is 11.1 Å². The molecule has 2 aromatic rings. The molecular formula is C18H19F4N3. The second-order valence-corrected chi connectivity index (χ2v) is 7.32. The van der Waals surface area contributed by atoms with Crippen molar-refractivity contribution in [3.63, 3.8) is 0 Å². The maximum Gasteiger partial charge on any atom is 0.166 e. The van der Waals surface area contributed by atoms with Gasteiger partial charge in [-0.2, -0.15) is 0 Å². The normalized spacial score (nSPS) is 15.3. The van der Waals surface area contributed by atoms with Gasteiger partial charge in [0.15, 0.2) is 23.3 Å². The highest BCUT2D eigenvalue weighted by molar-refractivity contribution is 5.25. The summed E-state index contributed by atoms with van der Waals surface area (Å²) in [7, 11) is 0. The first-order valence-corrected chi connectivity index (χ1v) is 8.06. The average Bonchev–Trinajstić information content (AvgIpc) is 2.55. The molecule has 0 amide bonds. The number of benzene rings is 1. The van der Waals surface area contributed by atoms with Gasteiger partial charge in [-0.1, -0.05) is 20.8 Å². The Balaban J connectivity index is 1.83. The first-order valence-electron chi connectivity index (χ1n) is 8.06. The minimum atomic E-state index is -1.38. The van der Waals surface area contributed by atoms with Crippen molar-refractivity contribution in [2.24, 2.45) is 0 Å². The Bertz CT molecular complexity index is 789. The quantitative estimate of drug-likeness (QED) is 0.606. The van der Waals surface area contributed by atoms with E-state index in [4.69, 9.17) is 0 Å². The monoisotopic (exact) mass is 353 g/mol. The van der Waals surface area contributed by atoms with Gasteiger partial charge >= 0.3 is 0 Å². The molecule has 1 aromatic carbocycles. The van der Waals surface area contributed by atoms with Gasteiger partial charge in [0.2, 0.25) is 0 Å². The molecule has 7 heteroatoms. The topological polar surface area (TPSA) is 29.0 Å². The maximum absolute atomic E-state index is 13.8. The van der Waals surface area contributed by atoms with Crippen LogP contribution >= 0.6 is 0 Å². The van der Waals surface area contributed by atoms with Gasteiger partial charge in [0, 0.05) is 60.6 Å². The fourth-order valence-corrected chi connectivity index (χ4v) is 2.86. The molecule has 0 saturated carbocycles. The molecule has 3 rings (SSSR count). The second kappa shape index (κ2) is 6.37. The molecule has 0 N–H and O–H groups in total. The van der Waals surface area contributed by atoms with Crippen molar-refractivity contribution in [3.8, 4) is 0 Å². The van der Waals surface area contributed by atoms with Crippen LogP contribution in [-0.2, 0) is 24.9 Å². The summed E-state index contributed by atoms with van der Waals surface area (Å²) in [5.74, 6) is -4.72. The van der Waals surface area contributed by atoms with E-state index in [0.29, 0.717) is 19.5 Å². The molecular weight excluding hydrogens is 334 g/mol. The molecule has 0 bridgehead atoms. The summed E-state index contributed by atoms with van der Waals surface area (Å²) in [5, 5.41) is 0. The summed E-state index contributed by atoms with van der Waals surface area (Å²) >= 11 is 0. The van der Waals surface area contributed by atoms with E-state index < -0.39 is 28.8 Å². The van der Waals surface area contributed by atoms with Crippen molar-refractivity contribution in [2.75, 3.05) is 6.54 Å². The van der Waals surface area contributed by atoms with Crippen LogP contribution in [0.2, 0.25) is 0 Å². The summed E-state index contributed by atoms with van der Waals surface area (Å²) in [6.45, 7) is 6.71. The highest BCUT2D eigenvalue weighted by Gasteiger charge is 2.26. The Morgan fingerprint density at radius 1 is 1.08 bits per heavy atom. The lowest BCUT2D eigenvalue weighted by Gasteiger charge is -2.29. The molecule has 1 aromatic heterocycles. The van der Waals surface area contributed by atoms with E-state index in [2.05, 4.69) is 9.97 Å².